The number of hydrogen-bond acceptors (Lipinski definition) is 1. The van der Waals surface area contributed by atoms with Gasteiger partial charge in [-0.25, -0.2) is 0 Å². The standard InChI is InChI=1S/C13H15NO/c14-13(15)10-4-2-1-3-9(10)12-7-11(12)8-5-6-8/h1-4,8,11-12H,5-7H2,(H2,14,15). The molecule has 0 aromatic heterocycles. The molecule has 0 spiro atoms. The predicted molar refractivity (Wildman–Crippen MR) is 58.5 cm³/mol. The summed E-state index contributed by atoms with van der Waals surface area (Å²) in [5.41, 5.74) is 7.29. The van der Waals surface area contributed by atoms with Crippen LogP contribution >= 0.6 is 0 Å². The van der Waals surface area contributed by atoms with Gasteiger partial charge in [-0.15, -0.1) is 0 Å². The molecule has 0 radical (unpaired) electrons. The number of primary amides is 1. The second-order valence-electron chi connectivity index (χ2n) is 4.79. The SMILES string of the molecule is NC(=O)c1ccccc1C1CC1C1CC1. The van der Waals surface area contributed by atoms with Gasteiger partial charge in [-0.1, -0.05) is 18.2 Å². The number of rotatable bonds is 3. The highest BCUT2D eigenvalue weighted by molar-refractivity contribution is 5.94. The van der Waals surface area contributed by atoms with Crippen LogP contribution in [0.15, 0.2) is 24.3 Å². The van der Waals surface area contributed by atoms with Gasteiger partial charge < -0.3 is 5.73 Å². The number of nitrogens with two attached hydrogens (primary N) is 1. The topological polar surface area (TPSA) is 43.1 Å². The van der Waals surface area contributed by atoms with Crippen molar-refractivity contribution in [3.8, 4) is 0 Å². The van der Waals surface area contributed by atoms with Gasteiger partial charge in [0, 0.05) is 5.56 Å². The fourth-order valence-electron chi connectivity index (χ4n) is 2.66. The molecule has 2 nitrogen and oxygen atoms in total. The van der Waals surface area contributed by atoms with E-state index in [9.17, 15) is 4.79 Å². The lowest BCUT2D eigenvalue weighted by Crippen LogP contribution is -2.13. The van der Waals surface area contributed by atoms with Gasteiger partial charge in [0.05, 0.1) is 0 Å². The normalized spacial score (nSPS) is 28.8. The quantitative estimate of drug-likeness (QED) is 0.801. The van der Waals surface area contributed by atoms with Gasteiger partial charge in [-0.2, -0.15) is 0 Å². The Morgan fingerprint density at radius 1 is 1.27 bits per heavy atom. The van der Waals surface area contributed by atoms with Crippen LogP contribution in [0.3, 0.4) is 0 Å². The van der Waals surface area contributed by atoms with E-state index in [1.807, 2.05) is 18.2 Å². The molecule has 1 aromatic rings. The van der Waals surface area contributed by atoms with E-state index in [4.69, 9.17) is 5.73 Å². The molecule has 2 heteroatoms. The van der Waals surface area contributed by atoms with Crippen molar-refractivity contribution < 1.29 is 4.79 Å². The summed E-state index contributed by atoms with van der Waals surface area (Å²) in [6.45, 7) is 0. The van der Waals surface area contributed by atoms with Crippen LogP contribution in [0, 0.1) is 11.8 Å². The molecule has 2 aliphatic rings. The Kier molecular flexibility index (Phi) is 1.84. The fraction of sp³-hybridized carbons (Fsp3) is 0.462. The molecule has 0 aliphatic heterocycles. The number of carbonyl (C=O) groups is 1. The molecular formula is C13H15NO. The van der Waals surface area contributed by atoms with Gasteiger partial charge in [-0.05, 0) is 48.6 Å². The highest BCUT2D eigenvalue weighted by Gasteiger charge is 2.48. The van der Waals surface area contributed by atoms with Crippen LogP contribution in [0.1, 0.15) is 41.1 Å². The van der Waals surface area contributed by atoms with Crippen LogP contribution in [0.25, 0.3) is 0 Å². The third-order valence-electron chi connectivity index (χ3n) is 3.69. The molecule has 0 heterocycles. The van der Waals surface area contributed by atoms with Crippen molar-refractivity contribution in [2.45, 2.75) is 25.2 Å². The Labute approximate surface area is 89.5 Å². The summed E-state index contributed by atoms with van der Waals surface area (Å²) in [4.78, 5) is 11.3. The average molecular weight is 201 g/mol. The molecular weight excluding hydrogens is 186 g/mol. The van der Waals surface area contributed by atoms with Crippen LogP contribution in [0.2, 0.25) is 0 Å². The van der Waals surface area contributed by atoms with E-state index >= 15 is 0 Å². The maximum Gasteiger partial charge on any atom is 0.248 e. The third kappa shape index (κ3) is 1.54. The first-order chi connectivity index (χ1) is 7.27. The smallest absolute Gasteiger partial charge is 0.248 e. The Morgan fingerprint density at radius 3 is 2.67 bits per heavy atom. The second kappa shape index (κ2) is 3.09. The Bertz CT molecular complexity index is 409. The molecule has 1 amide bonds. The largest absolute Gasteiger partial charge is 0.366 e. The van der Waals surface area contributed by atoms with Gasteiger partial charge in [0.25, 0.3) is 0 Å². The second-order valence-corrected chi connectivity index (χ2v) is 4.79. The summed E-state index contributed by atoms with van der Waals surface area (Å²) in [5, 5.41) is 0. The van der Waals surface area contributed by atoms with Crippen molar-refractivity contribution >= 4 is 5.91 Å². The molecule has 2 N–H and O–H groups in total. The van der Waals surface area contributed by atoms with Crippen molar-refractivity contribution in [2.24, 2.45) is 17.6 Å². The van der Waals surface area contributed by atoms with E-state index in [1.54, 1.807) is 0 Å². The van der Waals surface area contributed by atoms with Crippen molar-refractivity contribution in [2.75, 3.05) is 0 Å². The van der Waals surface area contributed by atoms with Crippen molar-refractivity contribution in [3.05, 3.63) is 35.4 Å². The van der Waals surface area contributed by atoms with Crippen LogP contribution in [0.4, 0.5) is 0 Å². The van der Waals surface area contributed by atoms with Crippen molar-refractivity contribution in [1.29, 1.82) is 0 Å². The van der Waals surface area contributed by atoms with E-state index in [2.05, 4.69) is 6.07 Å². The first-order valence-corrected chi connectivity index (χ1v) is 5.66. The molecule has 0 bridgehead atoms. The molecule has 1 aromatic carbocycles. The molecule has 3 rings (SSSR count). The minimum Gasteiger partial charge on any atom is -0.366 e. The van der Waals surface area contributed by atoms with E-state index in [-0.39, 0.29) is 5.91 Å². The lowest BCUT2D eigenvalue weighted by molar-refractivity contribution is 0.0999. The molecule has 2 fully saturated rings. The monoisotopic (exact) mass is 201 g/mol. The highest BCUT2D eigenvalue weighted by atomic mass is 16.1. The van der Waals surface area contributed by atoms with Crippen LogP contribution < -0.4 is 5.73 Å². The molecule has 2 atom stereocenters. The third-order valence-corrected chi connectivity index (χ3v) is 3.69. The minimum atomic E-state index is -0.285. The van der Waals surface area contributed by atoms with Gasteiger partial charge in [0.15, 0.2) is 0 Å². The predicted octanol–water partition coefficient (Wildman–Crippen LogP) is 2.30. The summed E-state index contributed by atoms with van der Waals surface area (Å²) in [5.74, 6) is 2.11. The molecule has 78 valence electrons. The van der Waals surface area contributed by atoms with Crippen LogP contribution in [-0.2, 0) is 0 Å². The van der Waals surface area contributed by atoms with E-state index in [1.165, 1.54) is 24.8 Å². The lowest BCUT2D eigenvalue weighted by atomic mass is 10.0. The zero-order valence-corrected chi connectivity index (χ0v) is 8.65. The summed E-state index contributed by atoms with van der Waals surface area (Å²) in [6.07, 6.45) is 4.04. The number of hydrogen-bond donors (Lipinski definition) is 1. The maximum atomic E-state index is 11.3. The van der Waals surface area contributed by atoms with Gasteiger partial charge >= 0.3 is 0 Å². The number of amides is 1. The lowest BCUT2D eigenvalue weighted by Gasteiger charge is -2.05. The van der Waals surface area contributed by atoms with Gasteiger partial charge in [-0.3, -0.25) is 4.79 Å². The minimum absolute atomic E-state index is 0.285. The van der Waals surface area contributed by atoms with E-state index in [0.717, 1.165) is 17.4 Å². The average Bonchev–Trinajstić information content (AvgIpc) is 3.09. The van der Waals surface area contributed by atoms with Crippen LogP contribution in [0.5, 0.6) is 0 Å². The number of carbonyl (C=O) groups excluding carboxylic acids is 1. The fourth-order valence-corrected chi connectivity index (χ4v) is 2.66. The molecule has 2 unspecified atom stereocenters. The Balaban J connectivity index is 1.88. The summed E-state index contributed by atoms with van der Waals surface area (Å²) in [7, 11) is 0. The molecule has 2 aliphatic carbocycles. The highest BCUT2D eigenvalue weighted by Crippen LogP contribution is 2.59. The molecule has 2 saturated carbocycles. The first kappa shape index (κ1) is 8.96. The Morgan fingerprint density at radius 2 is 2.00 bits per heavy atom. The van der Waals surface area contributed by atoms with Gasteiger partial charge in [0.1, 0.15) is 0 Å². The summed E-state index contributed by atoms with van der Waals surface area (Å²) in [6, 6.07) is 7.80. The van der Waals surface area contributed by atoms with Crippen LogP contribution in [-0.4, -0.2) is 5.91 Å². The summed E-state index contributed by atoms with van der Waals surface area (Å²) < 4.78 is 0. The maximum absolute atomic E-state index is 11.3. The zero-order chi connectivity index (χ0) is 10.4. The Hall–Kier alpha value is -1.31. The van der Waals surface area contributed by atoms with E-state index in [0.29, 0.717) is 5.92 Å². The van der Waals surface area contributed by atoms with Crippen molar-refractivity contribution in [3.63, 3.8) is 0 Å². The van der Waals surface area contributed by atoms with Gasteiger partial charge in [0.2, 0.25) is 5.91 Å². The summed E-state index contributed by atoms with van der Waals surface area (Å²) >= 11 is 0. The molecule has 0 saturated heterocycles. The number of benzene rings is 1. The van der Waals surface area contributed by atoms with E-state index < -0.39 is 0 Å². The van der Waals surface area contributed by atoms with Crippen molar-refractivity contribution in [1.82, 2.24) is 0 Å². The first-order valence-electron chi connectivity index (χ1n) is 5.66. The molecule has 15 heavy (non-hydrogen) atoms. The zero-order valence-electron chi connectivity index (χ0n) is 8.65.